The predicted octanol–water partition coefficient (Wildman–Crippen LogP) is 5.40. The van der Waals surface area contributed by atoms with Gasteiger partial charge in [-0.3, -0.25) is 19.5 Å². The molecule has 2 amide bonds. The lowest BCUT2D eigenvalue weighted by Crippen LogP contribution is -2.42. The van der Waals surface area contributed by atoms with Gasteiger partial charge in [0.25, 0.3) is 11.8 Å². The second kappa shape index (κ2) is 10.2. The molecule has 6 nitrogen and oxygen atoms in total. The summed E-state index contributed by atoms with van der Waals surface area (Å²) < 4.78 is 28.5. The average molecular weight is 472 g/mol. The lowest BCUT2D eigenvalue weighted by atomic mass is 10.0. The molecule has 0 saturated heterocycles. The first-order chi connectivity index (χ1) is 16.8. The molecule has 1 heterocycles. The van der Waals surface area contributed by atoms with Crippen molar-refractivity contribution in [1.29, 1.82) is 0 Å². The van der Waals surface area contributed by atoms with Gasteiger partial charge in [-0.1, -0.05) is 24.3 Å². The summed E-state index contributed by atoms with van der Waals surface area (Å²) in [5, 5.41) is 2.68. The number of aryl methyl sites for hydroxylation is 2. The van der Waals surface area contributed by atoms with E-state index in [0.717, 1.165) is 11.1 Å². The van der Waals surface area contributed by atoms with Gasteiger partial charge in [0.05, 0.1) is 6.20 Å². The van der Waals surface area contributed by atoms with Crippen molar-refractivity contribution in [2.45, 2.75) is 19.9 Å². The molecule has 1 N–H and O–H groups in total. The van der Waals surface area contributed by atoms with Crippen LogP contribution < -0.4 is 10.2 Å². The topological polar surface area (TPSA) is 75.2 Å². The number of amides is 2. The molecule has 1 aromatic heterocycles. The summed E-state index contributed by atoms with van der Waals surface area (Å²) in [7, 11) is 0. The summed E-state index contributed by atoms with van der Waals surface area (Å²) in [6.45, 7) is 3.72. The molecule has 0 unspecified atom stereocenters. The number of nitrogens with zero attached hydrogens (tertiary/aromatic N) is 3. The van der Waals surface area contributed by atoms with E-state index in [1.165, 1.54) is 66.0 Å². The second-order valence-electron chi connectivity index (χ2n) is 8.03. The van der Waals surface area contributed by atoms with E-state index in [0.29, 0.717) is 11.4 Å². The normalized spacial score (nSPS) is 11.5. The summed E-state index contributed by atoms with van der Waals surface area (Å²) in [4.78, 5) is 36.7. The summed E-state index contributed by atoms with van der Waals surface area (Å²) in [6, 6.07) is 14.9. The highest BCUT2D eigenvalue weighted by molar-refractivity contribution is 6.11. The summed E-state index contributed by atoms with van der Waals surface area (Å²) in [6.07, 6.45) is 4.07. The van der Waals surface area contributed by atoms with Gasteiger partial charge in [0.15, 0.2) is 0 Å². The van der Waals surface area contributed by atoms with E-state index in [1.54, 1.807) is 18.2 Å². The Morgan fingerprint density at radius 1 is 0.914 bits per heavy atom. The van der Waals surface area contributed by atoms with Crippen LogP contribution >= 0.6 is 0 Å². The van der Waals surface area contributed by atoms with E-state index >= 15 is 4.39 Å². The molecule has 1 atom stereocenters. The Hall–Kier alpha value is -4.46. The molecular formula is C27H22F2N4O2. The Bertz CT molecular complexity index is 1340. The van der Waals surface area contributed by atoms with Gasteiger partial charge in [-0.25, -0.2) is 13.8 Å². The van der Waals surface area contributed by atoms with E-state index in [9.17, 15) is 14.0 Å². The van der Waals surface area contributed by atoms with Crippen LogP contribution in [-0.4, -0.2) is 21.8 Å². The monoisotopic (exact) mass is 472 g/mol. The van der Waals surface area contributed by atoms with E-state index < -0.39 is 29.5 Å². The Kier molecular flexibility index (Phi) is 6.91. The van der Waals surface area contributed by atoms with Crippen LogP contribution in [0.4, 0.5) is 20.2 Å². The molecule has 0 bridgehead atoms. The van der Waals surface area contributed by atoms with Gasteiger partial charge in [0.2, 0.25) is 0 Å². The van der Waals surface area contributed by atoms with Crippen LogP contribution in [0.3, 0.4) is 0 Å². The lowest BCUT2D eigenvalue weighted by molar-refractivity contribution is -0.117. The standard InChI is InChI=1S/C27H22F2N4O2/c1-17-13-18(2)15-21(14-17)33(27(35)24-16-30-11-12-31-24)25(22-5-3-4-6-23(22)29)26(34)32-20-9-7-19(28)8-10-20/h3-16,25H,1-2H3,(H,32,34)/t25-/m1/s1. The molecule has 35 heavy (non-hydrogen) atoms. The van der Waals surface area contributed by atoms with Crippen molar-refractivity contribution < 1.29 is 18.4 Å². The summed E-state index contributed by atoms with van der Waals surface area (Å²) in [5.41, 5.74) is 2.36. The van der Waals surface area contributed by atoms with Gasteiger partial charge in [-0.2, -0.15) is 0 Å². The number of hydrogen-bond donors (Lipinski definition) is 1. The molecule has 4 rings (SSSR count). The van der Waals surface area contributed by atoms with Gasteiger partial charge < -0.3 is 5.32 Å². The van der Waals surface area contributed by atoms with Crippen LogP contribution in [0.25, 0.3) is 0 Å². The van der Waals surface area contributed by atoms with Crippen molar-refractivity contribution in [2.24, 2.45) is 0 Å². The molecule has 4 aromatic rings. The number of benzene rings is 3. The average Bonchev–Trinajstić information content (AvgIpc) is 2.84. The third-order valence-corrected chi connectivity index (χ3v) is 5.30. The fraction of sp³-hybridized carbons (Fsp3) is 0.111. The van der Waals surface area contributed by atoms with Crippen molar-refractivity contribution in [1.82, 2.24) is 9.97 Å². The second-order valence-corrected chi connectivity index (χ2v) is 8.03. The van der Waals surface area contributed by atoms with Gasteiger partial charge in [0.1, 0.15) is 23.4 Å². The molecular weight excluding hydrogens is 450 g/mol. The molecule has 8 heteroatoms. The number of aromatic nitrogens is 2. The number of carbonyl (C=O) groups excluding carboxylic acids is 2. The Balaban J connectivity index is 1.89. The van der Waals surface area contributed by atoms with E-state index in [4.69, 9.17) is 0 Å². The third-order valence-electron chi connectivity index (χ3n) is 5.30. The fourth-order valence-corrected chi connectivity index (χ4v) is 3.84. The van der Waals surface area contributed by atoms with E-state index in [-0.39, 0.29) is 11.3 Å². The van der Waals surface area contributed by atoms with Crippen LogP contribution in [0.1, 0.15) is 33.2 Å². The number of halogens is 2. The van der Waals surface area contributed by atoms with Crippen LogP contribution in [0.5, 0.6) is 0 Å². The fourth-order valence-electron chi connectivity index (χ4n) is 3.84. The number of hydrogen-bond acceptors (Lipinski definition) is 4. The number of rotatable bonds is 6. The highest BCUT2D eigenvalue weighted by atomic mass is 19.1. The lowest BCUT2D eigenvalue weighted by Gasteiger charge is -2.32. The molecule has 3 aromatic carbocycles. The van der Waals surface area contributed by atoms with Gasteiger partial charge in [-0.05, 0) is 67.4 Å². The van der Waals surface area contributed by atoms with Crippen LogP contribution in [0, 0.1) is 25.5 Å². The van der Waals surface area contributed by atoms with Crippen LogP contribution in [-0.2, 0) is 4.79 Å². The largest absolute Gasteiger partial charge is 0.324 e. The number of anilines is 2. The Morgan fingerprint density at radius 2 is 1.60 bits per heavy atom. The summed E-state index contributed by atoms with van der Waals surface area (Å²) >= 11 is 0. The zero-order valence-electron chi connectivity index (χ0n) is 19.1. The highest BCUT2D eigenvalue weighted by Gasteiger charge is 2.36. The minimum atomic E-state index is -1.41. The molecule has 0 radical (unpaired) electrons. The maximum atomic E-state index is 15.1. The van der Waals surface area contributed by atoms with Crippen molar-refractivity contribution in [3.63, 3.8) is 0 Å². The highest BCUT2D eigenvalue weighted by Crippen LogP contribution is 2.33. The molecule has 0 aliphatic rings. The van der Waals surface area contributed by atoms with E-state index in [1.807, 2.05) is 19.9 Å². The minimum Gasteiger partial charge on any atom is -0.324 e. The molecule has 0 aliphatic heterocycles. The SMILES string of the molecule is Cc1cc(C)cc(N(C(=O)c2cnccn2)[C@@H](C(=O)Nc2ccc(F)cc2)c2ccccc2F)c1. The summed E-state index contributed by atoms with van der Waals surface area (Å²) in [5.74, 6) is -2.44. The van der Waals surface area contributed by atoms with Gasteiger partial charge in [0, 0.05) is 29.3 Å². The Labute approximate surface area is 201 Å². The van der Waals surface area contributed by atoms with E-state index in [2.05, 4.69) is 15.3 Å². The molecule has 0 saturated carbocycles. The molecule has 0 fully saturated rings. The molecule has 0 spiro atoms. The minimum absolute atomic E-state index is 0.0106. The first-order valence-corrected chi connectivity index (χ1v) is 10.8. The first kappa shape index (κ1) is 23.7. The van der Waals surface area contributed by atoms with Crippen molar-refractivity contribution in [2.75, 3.05) is 10.2 Å². The maximum Gasteiger partial charge on any atom is 0.279 e. The zero-order chi connectivity index (χ0) is 24.9. The van der Waals surface area contributed by atoms with Crippen molar-refractivity contribution >= 4 is 23.2 Å². The maximum absolute atomic E-state index is 15.1. The predicted molar refractivity (Wildman–Crippen MR) is 129 cm³/mol. The smallest absolute Gasteiger partial charge is 0.279 e. The van der Waals surface area contributed by atoms with Crippen LogP contribution in [0.2, 0.25) is 0 Å². The number of carbonyl (C=O) groups is 2. The van der Waals surface area contributed by atoms with Gasteiger partial charge in [-0.15, -0.1) is 0 Å². The zero-order valence-corrected chi connectivity index (χ0v) is 19.1. The van der Waals surface area contributed by atoms with Crippen molar-refractivity contribution in [3.05, 3.63) is 119 Å². The molecule has 176 valence electrons. The first-order valence-electron chi connectivity index (χ1n) is 10.8. The number of nitrogens with one attached hydrogen (secondary N) is 1. The quantitative estimate of drug-likeness (QED) is 0.408. The Morgan fingerprint density at radius 3 is 2.23 bits per heavy atom. The van der Waals surface area contributed by atoms with Gasteiger partial charge >= 0.3 is 0 Å². The van der Waals surface area contributed by atoms with Crippen LogP contribution in [0.15, 0.2) is 85.3 Å². The molecule has 0 aliphatic carbocycles. The third kappa shape index (κ3) is 5.38. The van der Waals surface area contributed by atoms with Crippen molar-refractivity contribution in [3.8, 4) is 0 Å².